The topological polar surface area (TPSA) is 61.6 Å². The van der Waals surface area contributed by atoms with Crippen molar-refractivity contribution in [2.75, 3.05) is 33.2 Å². The highest BCUT2D eigenvalue weighted by atomic mass is 16.5. The number of nitrogens with zero attached hydrogens (tertiary/aromatic N) is 3. The fraction of sp³-hybridized carbons (Fsp3) is 0.375. The van der Waals surface area contributed by atoms with Gasteiger partial charge in [0.05, 0.1) is 0 Å². The molecule has 0 aliphatic carbocycles. The van der Waals surface area contributed by atoms with Crippen molar-refractivity contribution in [1.29, 1.82) is 0 Å². The maximum atomic E-state index is 12.6. The first-order valence-electron chi connectivity index (χ1n) is 7.41. The third-order valence-corrected chi connectivity index (χ3v) is 3.90. The lowest BCUT2D eigenvalue weighted by Crippen LogP contribution is -2.52. The van der Waals surface area contributed by atoms with Crippen LogP contribution in [0.2, 0.25) is 0 Å². The molecule has 0 atom stereocenters. The van der Waals surface area contributed by atoms with E-state index < -0.39 is 0 Å². The number of hydrazine groups is 1. The van der Waals surface area contributed by atoms with Crippen LogP contribution in [0.1, 0.15) is 16.1 Å². The summed E-state index contributed by atoms with van der Waals surface area (Å²) in [6.45, 7) is 5.27. The van der Waals surface area contributed by atoms with Gasteiger partial charge in [0, 0.05) is 31.7 Å². The van der Waals surface area contributed by atoms with Crippen LogP contribution in [0.4, 0.5) is 0 Å². The molecule has 6 heteroatoms. The number of benzene rings is 1. The van der Waals surface area contributed by atoms with E-state index in [0.717, 1.165) is 31.7 Å². The van der Waals surface area contributed by atoms with Crippen LogP contribution >= 0.6 is 0 Å². The highest BCUT2D eigenvalue weighted by molar-refractivity contribution is 6.00. The monoisotopic (exact) mass is 300 g/mol. The van der Waals surface area contributed by atoms with E-state index in [0.29, 0.717) is 17.0 Å². The maximum Gasteiger partial charge on any atom is 0.271 e. The summed E-state index contributed by atoms with van der Waals surface area (Å²) < 4.78 is 5.24. The first-order valence-corrected chi connectivity index (χ1v) is 7.41. The SMILES string of the molecule is Cc1onc(-c2ccccc2)c1C(=O)NN1CCN(C)CC1. The Labute approximate surface area is 129 Å². The van der Waals surface area contributed by atoms with Crippen molar-refractivity contribution in [3.05, 3.63) is 41.7 Å². The van der Waals surface area contributed by atoms with Gasteiger partial charge < -0.3 is 9.42 Å². The Morgan fingerprint density at radius 2 is 1.86 bits per heavy atom. The second kappa shape index (κ2) is 6.29. The Balaban J connectivity index is 1.79. The van der Waals surface area contributed by atoms with Crippen molar-refractivity contribution in [2.45, 2.75) is 6.92 Å². The van der Waals surface area contributed by atoms with E-state index in [2.05, 4.69) is 22.5 Å². The van der Waals surface area contributed by atoms with Crippen molar-refractivity contribution in [1.82, 2.24) is 20.5 Å². The lowest BCUT2D eigenvalue weighted by atomic mass is 10.1. The van der Waals surface area contributed by atoms with E-state index in [1.165, 1.54) is 0 Å². The van der Waals surface area contributed by atoms with Gasteiger partial charge in [-0.3, -0.25) is 10.2 Å². The van der Waals surface area contributed by atoms with Crippen molar-refractivity contribution in [3.63, 3.8) is 0 Å². The van der Waals surface area contributed by atoms with Crippen molar-refractivity contribution >= 4 is 5.91 Å². The zero-order valence-corrected chi connectivity index (χ0v) is 12.9. The van der Waals surface area contributed by atoms with Gasteiger partial charge in [-0.1, -0.05) is 35.5 Å². The highest BCUT2D eigenvalue weighted by Gasteiger charge is 2.24. The summed E-state index contributed by atoms with van der Waals surface area (Å²) in [7, 11) is 2.08. The molecule has 1 aromatic carbocycles. The average Bonchev–Trinajstić information content (AvgIpc) is 2.92. The minimum atomic E-state index is -0.165. The van der Waals surface area contributed by atoms with Gasteiger partial charge in [0.1, 0.15) is 17.0 Å². The van der Waals surface area contributed by atoms with Crippen molar-refractivity contribution < 1.29 is 9.32 Å². The van der Waals surface area contributed by atoms with E-state index in [-0.39, 0.29) is 5.91 Å². The third-order valence-electron chi connectivity index (χ3n) is 3.90. The summed E-state index contributed by atoms with van der Waals surface area (Å²) in [5.74, 6) is 0.368. The molecule has 0 radical (unpaired) electrons. The highest BCUT2D eigenvalue weighted by Crippen LogP contribution is 2.24. The quantitative estimate of drug-likeness (QED) is 0.931. The van der Waals surface area contributed by atoms with Gasteiger partial charge in [0.15, 0.2) is 0 Å². The number of piperazine rings is 1. The molecule has 6 nitrogen and oxygen atoms in total. The predicted molar refractivity (Wildman–Crippen MR) is 83.2 cm³/mol. The Morgan fingerprint density at radius 1 is 1.18 bits per heavy atom. The summed E-state index contributed by atoms with van der Waals surface area (Å²) in [5, 5.41) is 6.00. The third kappa shape index (κ3) is 3.03. The van der Waals surface area contributed by atoms with E-state index in [1.54, 1.807) is 6.92 Å². The number of carbonyl (C=O) groups is 1. The zero-order chi connectivity index (χ0) is 15.5. The second-order valence-corrected chi connectivity index (χ2v) is 5.56. The van der Waals surface area contributed by atoms with Gasteiger partial charge in [-0.25, -0.2) is 5.01 Å². The van der Waals surface area contributed by atoms with Crippen LogP contribution in [0.3, 0.4) is 0 Å². The molecular formula is C16H20N4O2. The molecule has 22 heavy (non-hydrogen) atoms. The lowest BCUT2D eigenvalue weighted by Gasteiger charge is -2.32. The molecule has 0 unspecified atom stereocenters. The first-order chi connectivity index (χ1) is 10.6. The number of hydrogen-bond donors (Lipinski definition) is 1. The standard InChI is InChI=1S/C16H20N4O2/c1-12-14(15(18-22-12)13-6-4-3-5-7-13)16(21)17-20-10-8-19(2)9-11-20/h3-7H,8-11H2,1-2H3,(H,17,21). The van der Waals surface area contributed by atoms with Crippen LogP contribution in [-0.2, 0) is 0 Å². The number of carbonyl (C=O) groups excluding carboxylic acids is 1. The van der Waals surface area contributed by atoms with E-state index in [9.17, 15) is 4.79 Å². The molecule has 116 valence electrons. The number of hydrogen-bond acceptors (Lipinski definition) is 5. The van der Waals surface area contributed by atoms with E-state index in [4.69, 9.17) is 4.52 Å². The molecule has 1 N–H and O–H groups in total. The minimum Gasteiger partial charge on any atom is -0.360 e. The second-order valence-electron chi connectivity index (χ2n) is 5.56. The van der Waals surface area contributed by atoms with Gasteiger partial charge in [0.25, 0.3) is 5.91 Å². The molecule has 1 aromatic heterocycles. The molecular weight excluding hydrogens is 280 g/mol. The summed E-state index contributed by atoms with van der Waals surface area (Å²) >= 11 is 0. The number of rotatable bonds is 3. The molecule has 0 spiro atoms. The van der Waals surface area contributed by atoms with Crippen LogP contribution in [-0.4, -0.2) is 54.2 Å². The molecule has 1 aliphatic rings. The summed E-state index contributed by atoms with van der Waals surface area (Å²) in [6.07, 6.45) is 0. The molecule has 2 heterocycles. The number of aryl methyl sites for hydroxylation is 1. The zero-order valence-electron chi connectivity index (χ0n) is 12.9. The molecule has 1 fully saturated rings. The smallest absolute Gasteiger partial charge is 0.271 e. The van der Waals surface area contributed by atoms with E-state index >= 15 is 0 Å². The fourth-order valence-electron chi connectivity index (χ4n) is 2.55. The molecule has 0 saturated carbocycles. The molecule has 1 amide bonds. The van der Waals surface area contributed by atoms with Gasteiger partial charge in [0.2, 0.25) is 0 Å². The Hall–Kier alpha value is -2.18. The Kier molecular flexibility index (Phi) is 4.22. The Morgan fingerprint density at radius 3 is 2.55 bits per heavy atom. The number of nitrogens with one attached hydrogen (secondary N) is 1. The van der Waals surface area contributed by atoms with Gasteiger partial charge >= 0.3 is 0 Å². The predicted octanol–water partition coefficient (Wildman–Crippen LogP) is 1.54. The van der Waals surface area contributed by atoms with Crippen LogP contribution in [0, 0.1) is 6.92 Å². The van der Waals surface area contributed by atoms with Crippen LogP contribution in [0.15, 0.2) is 34.9 Å². The molecule has 2 aromatic rings. The molecule has 1 saturated heterocycles. The van der Waals surface area contributed by atoms with Crippen molar-refractivity contribution in [2.24, 2.45) is 0 Å². The van der Waals surface area contributed by atoms with Gasteiger partial charge in [-0.05, 0) is 14.0 Å². The average molecular weight is 300 g/mol. The fourth-order valence-corrected chi connectivity index (χ4v) is 2.55. The molecule has 1 aliphatic heterocycles. The largest absolute Gasteiger partial charge is 0.360 e. The van der Waals surface area contributed by atoms with Gasteiger partial charge in [-0.2, -0.15) is 0 Å². The Bertz CT molecular complexity index is 645. The van der Waals surface area contributed by atoms with Crippen LogP contribution < -0.4 is 5.43 Å². The molecule has 3 rings (SSSR count). The van der Waals surface area contributed by atoms with Gasteiger partial charge in [-0.15, -0.1) is 0 Å². The summed E-state index contributed by atoms with van der Waals surface area (Å²) in [4.78, 5) is 14.8. The number of likely N-dealkylation sites (N-methyl/N-ethyl adjacent to an activating group) is 1. The summed E-state index contributed by atoms with van der Waals surface area (Å²) in [5.41, 5.74) is 4.93. The minimum absolute atomic E-state index is 0.165. The number of aromatic nitrogens is 1. The van der Waals surface area contributed by atoms with Crippen molar-refractivity contribution in [3.8, 4) is 11.3 Å². The lowest BCUT2D eigenvalue weighted by molar-refractivity contribution is 0.0661. The first kappa shape index (κ1) is 14.7. The maximum absolute atomic E-state index is 12.6. The number of amides is 1. The summed E-state index contributed by atoms with van der Waals surface area (Å²) in [6, 6.07) is 9.61. The normalized spacial score (nSPS) is 16.6. The molecule has 0 bridgehead atoms. The van der Waals surface area contributed by atoms with Crippen LogP contribution in [0.25, 0.3) is 11.3 Å². The van der Waals surface area contributed by atoms with E-state index in [1.807, 2.05) is 35.3 Å². The van der Waals surface area contributed by atoms with Crippen LogP contribution in [0.5, 0.6) is 0 Å².